The summed E-state index contributed by atoms with van der Waals surface area (Å²) in [6.45, 7) is 9.35. The Bertz CT molecular complexity index is 2850. The second-order valence-corrected chi connectivity index (χ2v) is 17.6. The molecule has 7 aromatic carbocycles. The number of amidine groups is 1. The summed E-state index contributed by atoms with van der Waals surface area (Å²) in [5.74, 6) is 0.992. The Kier molecular flexibility index (Phi) is 8.31. The third-order valence-corrected chi connectivity index (χ3v) is 13.7. The van der Waals surface area contributed by atoms with Gasteiger partial charge < -0.3 is 9.47 Å². The maximum absolute atomic E-state index is 5.41. The molecule has 0 aliphatic carbocycles. The average molecular weight is 756 g/mol. The van der Waals surface area contributed by atoms with E-state index in [9.17, 15) is 0 Å². The van der Waals surface area contributed by atoms with Crippen LogP contribution in [0.2, 0.25) is 0 Å². The Labute approximate surface area is 339 Å². The summed E-state index contributed by atoms with van der Waals surface area (Å²) in [6, 6.07) is 64.5. The highest BCUT2D eigenvalue weighted by atomic mass is 32.1. The summed E-state index contributed by atoms with van der Waals surface area (Å²) in [7, 11) is 2.18. The largest absolute Gasteiger partial charge is 0.347 e. The Morgan fingerprint density at radius 1 is 0.509 bits per heavy atom. The van der Waals surface area contributed by atoms with Crippen molar-refractivity contribution in [3.8, 4) is 5.69 Å². The predicted molar refractivity (Wildman–Crippen MR) is 242 cm³/mol. The van der Waals surface area contributed by atoms with Gasteiger partial charge in [-0.15, -0.1) is 11.3 Å². The van der Waals surface area contributed by atoms with Gasteiger partial charge in [-0.05, 0) is 70.3 Å². The zero-order valence-electron chi connectivity index (χ0n) is 33.1. The third kappa shape index (κ3) is 5.73. The molecule has 0 spiro atoms. The van der Waals surface area contributed by atoms with Gasteiger partial charge in [-0.1, -0.05) is 161 Å². The molecule has 1 aliphatic rings. The van der Waals surface area contributed by atoms with Crippen molar-refractivity contribution in [2.24, 2.45) is 4.99 Å². The Morgan fingerprint density at radius 3 is 1.56 bits per heavy atom. The average Bonchev–Trinajstić information content (AvgIpc) is 3.78. The highest BCUT2D eigenvalue weighted by Crippen LogP contribution is 2.50. The molecule has 3 nitrogen and oxygen atoms in total. The highest BCUT2D eigenvalue weighted by Gasteiger charge is 2.33. The van der Waals surface area contributed by atoms with Crippen LogP contribution < -0.4 is 0 Å². The number of hydrogen-bond acceptors (Lipinski definition) is 3. The first-order valence-electron chi connectivity index (χ1n) is 19.9. The maximum atomic E-state index is 5.41. The van der Waals surface area contributed by atoms with E-state index in [0.29, 0.717) is 0 Å². The minimum absolute atomic E-state index is 0.0563. The molecule has 0 amide bonds. The first-order valence-corrected chi connectivity index (χ1v) is 20.7. The molecule has 0 N–H and O–H groups in total. The fraction of sp³-hybridized carbons (Fsp3) is 0.151. The van der Waals surface area contributed by atoms with Gasteiger partial charge in [-0.2, -0.15) is 0 Å². The van der Waals surface area contributed by atoms with Crippen molar-refractivity contribution in [2.45, 2.75) is 44.6 Å². The Morgan fingerprint density at radius 2 is 1.02 bits per heavy atom. The van der Waals surface area contributed by atoms with Gasteiger partial charge in [0, 0.05) is 50.0 Å². The molecule has 9 aromatic rings. The molecule has 0 saturated carbocycles. The van der Waals surface area contributed by atoms with Gasteiger partial charge in [0.2, 0.25) is 0 Å². The summed E-state index contributed by atoms with van der Waals surface area (Å²) >= 11 is 1.87. The van der Waals surface area contributed by atoms with Crippen LogP contribution in [0.5, 0.6) is 0 Å². The predicted octanol–water partition coefficient (Wildman–Crippen LogP) is 13.8. The van der Waals surface area contributed by atoms with Crippen LogP contribution in [0.3, 0.4) is 0 Å². The second kappa shape index (κ2) is 13.5. The van der Waals surface area contributed by atoms with Crippen molar-refractivity contribution in [2.75, 3.05) is 7.05 Å². The van der Waals surface area contributed by atoms with Gasteiger partial charge in [-0.3, -0.25) is 0 Å². The molecule has 1 unspecified atom stereocenters. The van der Waals surface area contributed by atoms with Gasteiger partial charge in [0.1, 0.15) is 5.84 Å². The number of rotatable bonds is 7. The molecule has 2 aromatic heterocycles. The number of thiophene rings is 1. The molecule has 0 saturated heterocycles. The third-order valence-electron chi connectivity index (χ3n) is 12.5. The molecule has 278 valence electrons. The van der Waals surface area contributed by atoms with Crippen molar-refractivity contribution in [1.29, 1.82) is 0 Å². The molecule has 4 heteroatoms. The van der Waals surface area contributed by atoms with Crippen LogP contribution in [-0.4, -0.2) is 22.4 Å². The fourth-order valence-electron chi connectivity index (χ4n) is 9.00. The lowest BCUT2D eigenvalue weighted by molar-refractivity contribution is 0.428. The van der Waals surface area contributed by atoms with Crippen LogP contribution in [-0.2, 0) is 10.8 Å². The lowest BCUT2D eigenvalue weighted by Crippen LogP contribution is -2.34. The summed E-state index contributed by atoms with van der Waals surface area (Å²) in [6.07, 6.45) is 0. The lowest BCUT2D eigenvalue weighted by atomic mass is 9.77. The van der Waals surface area contributed by atoms with E-state index in [-0.39, 0.29) is 16.9 Å². The minimum Gasteiger partial charge on any atom is -0.347 e. The van der Waals surface area contributed by atoms with E-state index >= 15 is 0 Å². The van der Waals surface area contributed by atoms with E-state index in [1.54, 1.807) is 0 Å². The molecule has 1 atom stereocenters. The number of fused-ring (bicyclic) bond motifs is 6. The highest BCUT2D eigenvalue weighted by molar-refractivity contribution is 7.20. The Hall–Kier alpha value is -6.23. The summed E-state index contributed by atoms with van der Waals surface area (Å²) in [4.78, 5) is 9.04. The van der Waals surface area contributed by atoms with Crippen LogP contribution in [0.25, 0.3) is 37.6 Å². The van der Waals surface area contributed by atoms with E-state index in [4.69, 9.17) is 4.99 Å². The quantitative estimate of drug-likeness (QED) is 0.159. The number of aromatic nitrogens is 1. The van der Waals surface area contributed by atoms with Crippen molar-refractivity contribution in [1.82, 2.24) is 9.47 Å². The molecule has 57 heavy (non-hydrogen) atoms. The van der Waals surface area contributed by atoms with E-state index < -0.39 is 0 Å². The van der Waals surface area contributed by atoms with E-state index in [0.717, 1.165) is 22.8 Å². The topological polar surface area (TPSA) is 20.5 Å². The van der Waals surface area contributed by atoms with E-state index in [2.05, 4.69) is 220 Å². The second-order valence-electron chi connectivity index (χ2n) is 16.5. The van der Waals surface area contributed by atoms with Crippen molar-refractivity contribution in [3.05, 3.63) is 214 Å². The van der Waals surface area contributed by atoms with Crippen LogP contribution in [0.4, 0.5) is 5.69 Å². The van der Waals surface area contributed by atoms with Crippen molar-refractivity contribution < 1.29 is 0 Å². The smallest absolute Gasteiger partial charge is 0.137 e. The zero-order chi connectivity index (χ0) is 38.9. The monoisotopic (exact) mass is 755 g/mol. The van der Waals surface area contributed by atoms with Crippen LogP contribution in [0.1, 0.15) is 72.0 Å². The maximum Gasteiger partial charge on any atom is 0.137 e. The summed E-state index contributed by atoms with van der Waals surface area (Å²) < 4.78 is 3.71. The first kappa shape index (κ1) is 35.2. The van der Waals surface area contributed by atoms with E-state index in [1.807, 2.05) is 11.3 Å². The molecule has 1 aliphatic heterocycles. The molecular formula is C53H45N3S. The van der Waals surface area contributed by atoms with Crippen molar-refractivity contribution in [3.63, 3.8) is 0 Å². The van der Waals surface area contributed by atoms with Crippen molar-refractivity contribution >= 4 is 54.8 Å². The van der Waals surface area contributed by atoms with Crippen LogP contribution >= 0.6 is 11.3 Å². The number of benzene rings is 7. The standard InChI is InChI=1S/C53H45N3S/c1-52(2,37-22-14-8-15-23-37)39-26-30-45-43(32-39)44-33-40(53(3,4)38-24-16-9-17-25-38)27-31-46(44)56(45)41-28-29-42-47(34-41)57-50-48(42)54-51(36-20-12-7-13-21-36)55(5)49(50)35-18-10-6-11-19-35/h6-34,49H,1-5H3. The fourth-order valence-corrected chi connectivity index (χ4v) is 10.4. The number of aliphatic imine (C=N–C) groups is 1. The summed E-state index contributed by atoms with van der Waals surface area (Å²) in [5, 5.41) is 3.73. The number of hydrogen-bond donors (Lipinski definition) is 0. The lowest BCUT2D eigenvalue weighted by Gasteiger charge is -2.34. The molecule has 0 radical (unpaired) electrons. The van der Waals surface area contributed by atoms with Gasteiger partial charge in [0.25, 0.3) is 0 Å². The first-order chi connectivity index (χ1) is 27.7. The summed E-state index contributed by atoms with van der Waals surface area (Å²) in [5.41, 5.74) is 11.9. The van der Waals surface area contributed by atoms with Gasteiger partial charge in [-0.25, -0.2) is 4.99 Å². The Balaban J connectivity index is 1.18. The molecule has 10 rings (SSSR count). The van der Waals surface area contributed by atoms with Gasteiger partial charge in [0.05, 0.1) is 27.6 Å². The van der Waals surface area contributed by atoms with Crippen LogP contribution in [0.15, 0.2) is 181 Å². The molecular weight excluding hydrogens is 711 g/mol. The zero-order valence-corrected chi connectivity index (χ0v) is 33.9. The molecule has 0 bridgehead atoms. The van der Waals surface area contributed by atoms with E-state index in [1.165, 1.54) is 64.6 Å². The number of nitrogens with zero attached hydrogens (tertiary/aromatic N) is 3. The normalized spacial score (nSPS) is 14.6. The van der Waals surface area contributed by atoms with Gasteiger partial charge >= 0.3 is 0 Å². The van der Waals surface area contributed by atoms with Gasteiger partial charge in [0.15, 0.2) is 0 Å². The van der Waals surface area contributed by atoms with Crippen LogP contribution in [0, 0.1) is 0 Å². The molecule has 0 fully saturated rings. The minimum atomic E-state index is -0.165. The SMILES string of the molecule is CN1C(c2ccccc2)=Nc2c(sc3cc(-n4c5ccc(C(C)(C)c6ccccc6)cc5c5cc(C(C)(C)c6ccccc6)ccc54)ccc23)C1c1ccccc1. The molecule has 3 heterocycles.